The van der Waals surface area contributed by atoms with Crippen LogP contribution in [0.3, 0.4) is 0 Å². The van der Waals surface area contributed by atoms with E-state index in [1.165, 1.54) is 19.2 Å². The molecule has 108 valence electrons. The van der Waals surface area contributed by atoms with Crippen molar-refractivity contribution in [2.24, 2.45) is 0 Å². The molecule has 0 radical (unpaired) electrons. The first kappa shape index (κ1) is 16.6. The lowest BCUT2D eigenvalue weighted by atomic mass is 10.3. The van der Waals surface area contributed by atoms with Crippen molar-refractivity contribution in [1.82, 2.24) is 4.72 Å². The Hall–Kier alpha value is -0.440. The molecular weight excluding hydrogens is 354 g/mol. The van der Waals surface area contributed by atoms with E-state index in [-0.39, 0.29) is 11.4 Å². The molecule has 0 aliphatic heterocycles. The molecule has 0 saturated carbocycles. The van der Waals surface area contributed by atoms with E-state index < -0.39 is 20.8 Å². The third kappa shape index (κ3) is 5.21. The Kier molecular flexibility index (Phi) is 6.45. The molecule has 0 aliphatic rings. The lowest BCUT2D eigenvalue weighted by molar-refractivity contribution is 0.411. The van der Waals surface area contributed by atoms with Crippen molar-refractivity contribution in [2.75, 3.05) is 25.7 Å². The van der Waals surface area contributed by atoms with Crippen molar-refractivity contribution in [1.29, 1.82) is 0 Å². The zero-order valence-electron chi connectivity index (χ0n) is 10.7. The monoisotopic (exact) mass is 369 g/mol. The van der Waals surface area contributed by atoms with Gasteiger partial charge in [-0.15, -0.1) is 0 Å². The average molecular weight is 370 g/mol. The van der Waals surface area contributed by atoms with Crippen LogP contribution in [-0.2, 0) is 20.8 Å². The predicted molar refractivity (Wildman–Crippen MR) is 79.4 cm³/mol. The Bertz CT molecular complexity index is 560. The van der Waals surface area contributed by atoms with Gasteiger partial charge in [0.15, 0.2) is 0 Å². The van der Waals surface area contributed by atoms with Gasteiger partial charge in [0.2, 0.25) is 10.0 Å². The van der Waals surface area contributed by atoms with E-state index in [1.807, 2.05) is 0 Å². The minimum Gasteiger partial charge on any atom is -0.496 e. The van der Waals surface area contributed by atoms with Crippen LogP contribution >= 0.6 is 15.9 Å². The maximum absolute atomic E-state index is 12.0. The van der Waals surface area contributed by atoms with Gasteiger partial charge in [-0.25, -0.2) is 13.1 Å². The van der Waals surface area contributed by atoms with Crippen LogP contribution in [0.1, 0.15) is 6.42 Å². The largest absolute Gasteiger partial charge is 0.496 e. The number of nitrogens with one attached hydrogen (secondary N) is 1. The first-order valence-electron chi connectivity index (χ1n) is 5.50. The second kappa shape index (κ2) is 7.37. The average Bonchev–Trinajstić information content (AvgIpc) is 2.34. The molecule has 1 rings (SSSR count). The molecule has 8 heteroatoms. The summed E-state index contributed by atoms with van der Waals surface area (Å²) in [5, 5.41) is 0. The zero-order valence-corrected chi connectivity index (χ0v) is 13.9. The molecule has 5 nitrogen and oxygen atoms in total. The summed E-state index contributed by atoms with van der Waals surface area (Å²) < 4.78 is 42.9. The van der Waals surface area contributed by atoms with Gasteiger partial charge in [-0.2, -0.15) is 0 Å². The number of ether oxygens (including phenoxy) is 1. The summed E-state index contributed by atoms with van der Waals surface area (Å²) in [5.41, 5.74) is 0. The Morgan fingerprint density at radius 1 is 1.42 bits per heavy atom. The highest BCUT2D eigenvalue weighted by molar-refractivity contribution is 9.10. The lowest BCUT2D eigenvalue weighted by Gasteiger charge is -2.08. The molecule has 0 bridgehead atoms. The van der Waals surface area contributed by atoms with Gasteiger partial charge in [-0.05, 0) is 40.5 Å². The van der Waals surface area contributed by atoms with Gasteiger partial charge in [0.05, 0.1) is 16.5 Å². The lowest BCUT2D eigenvalue weighted by Crippen LogP contribution is -2.25. The van der Waals surface area contributed by atoms with Crippen LogP contribution in [0.15, 0.2) is 27.6 Å². The first-order chi connectivity index (χ1) is 8.86. The summed E-state index contributed by atoms with van der Waals surface area (Å²) >= 11 is 3.24. The molecule has 1 N–H and O–H groups in total. The van der Waals surface area contributed by atoms with Crippen molar-refractivity contribution in [3.05, 3.63) is 22.7 Å². The topological polar surface area (TPSA) is 72.5 Å². The van der Waals surface area contributed by atoms with E-state index in [0.29, 0.717) is 22.4 Å². The minimum atomic E-state index is -3.54. The normalized spacial score (nSPS) is 13.2. The second-order valence-corrected chi connectivity index (χ2v) is 8.00. The number of methoxy groups -OCH3 is 1. The van der Waals surface area contributed by atoms with E-state index in [2.05, 4.69) is 20.7 Å². The number of hydrogen-bond donors (Lipinski definition) is 1. The van der Waals surface area contributed by atoms with Gasteiger partial charge in [-0.3, -0.25) is 4.21 Å². The van der Waals surface area contributed by atoms with E-state index in [4.69, 9.17) is 4.74 Å². The summed E-state index contributed by atoms with van der Waals surface area (Å²) in [4.78, 5) is 0.165. The third-order valence-electron chi connectivity index (χ3n) is 2.33. The molecule has 0 spiro atoms. The Morgan fingerprint density at radius 2 is 2.11 bits per heavy atom. The second-order valence-electron chi connectivity index (χ2n) is 3.82. The van der Waals surface area contributed by atoms with Crippen molar-refractivity contribution in [2.45, 2.75) is 11.3 Å². The van der Waals surface area contributed by atoms with Gasteiger partial charge in [-0.1, -0.05) is 0 Å². The Balaban J connectivity index is 2.72. The standard InChI is InChI=1S/C11H16BrNO4S2/c1-17-11-5-4-9(8-10(11)12)19(15,16)13-6-3-7-18(2)14/h4-5,8,13H,3,6-7H2,1-2H3. The van der Waals surface area contributed by atoms with Gasteiger partial charge >= 0.3 is 0 Å². The highest BCUT2D eigenvalue weighted by Gasteiger charge is 2.15. The highest BCUT2D eigenvalue weighted by Crippen LogP contribution is 2.27. The quantitative estimate of drug-likeness (QED) is 0.739. The predicted octanol–water partition coefficient (Wildman–Crippen LogP) is 1.50. The molecule has 1 atom stereocenters. The van der Waals surface area contributed by atoms with Crippen LogP contribution in [0.25, 0.3) is 0 Å². The number of halogens is 1. The first-order valence-corrected chi connectivity index (χ1v) is 9.50. The maximum Gasteiger partial charge on any atom is 0.240 e. The molecule has 1 aromatic carbocycles. The summed E-state index contributed by atoms with van der Waals surface area (Å²) in [5.74, 6) is 1.05. The molecular formula is C11H16BrNO4S2. The molecule has 0 fully saturated rings. The smallest absolute Gasteiger partial charge is 0.240 e. The Labute approximate surface area is 124 Å². The number of hydrogen-bond acceptors (Lipinski definition) is 4. The number of benzene rings is 1. The van der Waals surface area contributed by atoms with Crippen molar-refractivity contribution >= 4 is 36.8 Å². The van der Waals surface area contributed by atoms with Crippen LogP contribution in [0.2, 0.25) is 0 Å². The molecule has 1 aromatic rings. The molecule has 0 saturated heterocycles. The molecule has 19 heavy (non-hydrogen) atoms. The van der Waals surface area contributed by atoms with Crippen molar-refractivity contribution < 1.29 is 17.4 Å². The van der Waals surface area contributed by atoms with E-state index in [9.17, 15) is 12.6 Å². The summed E-state index contributed by atoms with van der Waals surface area (Å²) in [6.07, 6.45) is 2.13. The minimum absolute atomic E-state index is 0.165. The summed E-state index contributed by atoms with van der Waals surface area (Å²) in [6, 6.07) is 4.54. The van der Waals surface area contributed by atoms with Crippen molar-refractivity contribution in [3.8, 4) is 5.75 Å². The fraction of sp³-hybridized carbons (Fsp3) is 0.455. The van der Waals surface area contributed by atoms with Gasteiger partial charge < -0.3 is 4.74 Å². The molecule has 0 aromatic heterocycles. The summed E-state index contributed by atoms with van der Waals surface area (Å²) in [7, 11) is -2.93. The number of rotatable bonds is 7. The summed E-state index contributed by atoms with van der Waals surface area (Å²) in [6.45, 7) is 0.269. The van der Waals surface area contributed by atoms with Gasteiger partial charge in [0.1, 0.15) is 5.75 Å². The molecule has 0 heterocycles. The fourth-order valence-electron chi connectivity index (χ4n) is 1.38. The van der Waals surface area contributed by atoms with Crippen LogP contribution in [0.4, 0.5) is 0 Å². The van der Waals surface area contributed by atoms with Crippen LogP contribution in [-0.4, -0.2) is 38.3 Å². The van der Waals surface area contributed by atoms with E-state index >= 15 is 0 Å². The van der Waals surface area contributed by atoms with Crippen molar-refractivity contribution in [3.63, 3.8) is 0 Å². The maximum atomic E-state index is 12.0. The van der Waals surface area contributed by atoms with E-state index in [0.717, 1.165) is 0 Å². The molecule has 0 aliphatic carbocycles. The van der Waals surface area contributed by atoms with Crippen LogP contribution < -0.4 is 9.46 Å². The van der Waals surface area contributed by atoms with Gasteiger partial charge in [0.25, 0.3) is 0 Å². The van der Waals surface area contributed by atoms with E-state index in [1.54, 1.807) is 12.3 Å². The fourth-order valence-corrected chi connectivity index (χ4v) is 3.72. The van der Waals surface area contributed by atoms with Crippen LogP contribution in [0.5, 0.6) is 5.75 Å². The molecule has 0 amide bonds. The third-order valence-corrected chi connectivity index (χ3v) is 5.28. The highest BCUT2D eigenvalue weighted by atomic mass is 79.9. The molecule has 1 unspecified atom stereocenters. The van der Waals surface area contributed by atoms with Crippen LogP contribution in [0, 0.1) is 0 Å². The SMILES string of the molecule is COc1ccc(S(=O)(=O)NCCCS(C)=O)cc1Br. The number of sulfonamides is 1. The zero-order chi connectivity index (χ0) is 14.5. The van der Waals surface area contributed by atoms with Gasteiger partial charge in [0, 0.05) is 29.4 Å². The Morgan fingerprint density at radius 3 is 2.63 bits per heavy atom.